The van der Waals surface area contributed by atoms with Gasteiger partial charge in [-0.25, -0.2) is 4.98 Å². The third-order valence-electron chi connectivity index (χ3n) is 1.88. The second kappa shape index (κ2) is 4.97. The Bertz CT molecular complexity index is 242. The highest BCUT2D eigenvalue weighted by Crippen LogP contribution is 1.91. The van der Waals surface area contributed by atoms with E-state index < -0.39 is 0 Å². The van der Waals surface area contributed by atoms with Gasteiger partial charge in [-0.15, -0.1) is 0 Å². The Morgan fingerprint density at radius 2 is 2.31 bits per heavy atom. The Kier molecular flexibility index (Phi) is 3.89. The molecule has 0 aliphatic heterocycles. The van der Waals surface area contributed by atoms with E-state index in [1.54, 1.807) is 6.33 Å². The smallest absolute Gasteiger partial charge is 0.138 e. The van der Waals surface area contributed by atoms with Gasteiger partial charge in [-0.1, -0.05) is 13.8 Å². The summed E-state index contributed by atoms with van der Waals surface area (Å²) in [6.07, 6.45) is 2.54. The molecule has 74 valence electrons. The van der Waals surface area contributed by atoms with Crippen molar-refractivity contribution in [1.29, 1.82) is 0 Å². The lowest BCUT2D eigenvalue weighted by molar-refractivity contribution is 0.544. The number of hydrogen-bond acceptors (Lipinski definition) is 3. The zero-order valence-corrected chi connectivity index (χ0v) is 8.62. The molecule has 0 aromatic carbocycles. The van der Waals surface area contributed by atoms with E-state index in [0.717, 1.165) is 25.3 Å². The predicted molar refractivity (Wildman–Crippen MR) is 52.4 cm³/mol. The zero-order valence-electron chi connectivity index (χ0n) is 8.62. The van der Waals surface area contributed by atoms with Gasteiger partial charge in [0, 0.05) is 20.0 Å². The normalized spacial score (nSPS) is 11.1. The highest BCUT2D eigenvalue weighted by Gasteiger charge is 1.99. The molecule has 0 saturated carbocycles. The fraction of sp³-hybridized carbons (Fsp3) is 0.778. The highest BCUT2D eigenvalue weighted by atomic mass is 15.3. The minimum atomic E-state index is 0.708. The maximum Gasteiger partial charge on any atom is 0.138 e. The standard InChI is InChI=1S/C9H18N4/c1-8(2)6-10-5-4-9-11-7-12-13(9)3/h7-8,10H,4-6H2,1-3H3. The molecule has 4 heteroatoms. The summed E-state index contributed by atoms with van der Waals surface area (Å²) in [7, 11) is 1.92. The summed E-state index contributed by atoms with van der Waals surface area (Å²) < 4.78 is 1.82. The largest absolute Gasteiger partial charge is 0.316 e. The van der Waals surface area contributed by atoms with E-state index >= 15 is 0 Å². The minimum Gasteiger partial charge on any atom is -0.316 e. The monoisotopic (exact) mass is 182 g/mol. The van der Waals surface area contributed by atoms with Crippen molar-refractivity contribution >= 4 is 0 Å². The third-order valence-corrected chi connectivity index (χ3v) is 1.88. The maximum atomic E-state index is 4.14. The van der Waals surface area contributed by atoms with Gasteiger partial charge in [-0.05, 0) is 12.5 Å². The van der Waals surface area contributed by atoms with Gasteiger partial charge in [0.1, 0.15) is 12.2 Å². The van der Waals surface area contributed by atoms with Crippen LogP contribution in [0.2, 0.25) is 0 Å². The van der Waals surface area contributed by atoms with Crippen LogP contribution in [0.4, 0.5) is 0 Å². The molecule has 1 aromatic heterocycles. The quantitative estimate of drug-likeness (QED) is 0.678. The summed E-state index contributed by atoms with van der Waals surface area (Å²) >= 11 is 0. The van der Waals surface area contributed by atoms with E-state index in [0.29, 0.717) is 5.92 Å². The summed E-state index contributed by atoms with van der Waals surface area (Å²) in [5, 5.41) is 7.38. The van der Waals surface area contributed by atoms with E-state index in [1.807, 2.05) is 11.7 Å². The Balaban J connectivity index is 2.17. The Morgan fingerprint density at radius 3 is 2.85 bits per heavy atom. The number of rotatable bonds is 5. The molecule has 0 aliphatic carbocycles. The number of aryl methyl sites for hydroxylation is 1. The second-order valence-corrected chi connectivity index (χ2v) is 3.65. The molecule has 13 heavy (non-hydrogen) atoms. The van der Waals surface area contributed by atoms with Gasteiger partial charge in [0.2, 0.25) is 0 Å². The lowest BCUT2D eigenvalue weighted by atomic mass is 10.2. The van der Waals surface area contributed by atoms with Crippen LogP contribution in [0.15, 0.2) is 6.33 Å². The van der Waals surface area contributed by atoms with Crippen molar-refractivity contribution in [3.63, 3.8) is 0 Å². The first-order valence-corrected chi connectivity index (χ1v) is 4.73. The van der Waals surface area contributed by atoms with E-state index in [2.05, 4.69) is 29.2 Å². The predicted octanol–water partition coefficient (Wildman–Crippen LogP) is 0.603. The van der Waals surface area contributed by atoms with Crippen molar-refractivity contribution in [2.24, 2.45) is 13.0 Å². The molecule has 1 N–H and O–H groups in total. The molecule has 0 unspecified atom stereocenters. The van der Waals surface area contributed by atoms with Gasteiger partial charge >= 0.3 is 0 Å². The fourth-order valence-electron chi connectivity index (χ4n) is 1.14. The summed E-state index contributed by atoms with van der Waals surface area (Å²) in [4.78, 5) is 4.14. The van der Waals surface area contributed by atoms with Crippen LogP contribution in [0.3, 0.4) is 0 Å². The van der Waals surface area contributed by atoms with Crippen LogP contribution in [0.1, 0.15) is 19.7 Å². The number of aromatic nitrogens is 3. The average Bonchev–Trinajstić information content (AvgIpc) is 2.45. The van der Waals surface area contributed by atoms with E-state index in [-0.39, 0.29) is 0 Å². The topological polar surface area (TPSA) is 42.7 Å². The zero-order chi connectivity index (χ0) is 9.68. The molecule has 0 radical (unpaired) electrons. The maximum absolute atomic E-state index is 4.14. The van der Waals surface area contributed by atoms with Crippen LogP contribution < -0.4 is 5.32 Å². The second-order valence-electron chi connectivity index (χ2n) is 3.65. The molecular formula is C9H18N4. The Hall–Kier alpha value is -0.900. The fourth-order valence-corrected chi connectivity index (χ4v) is 1.14. The van der Waals surface area contributed by atoms with Gasteiger partial charge in [0.25, 0.3) is 0 Å². The van der Waals surface area contributed by atoms with Crippen molar-refractivity contribution in [1.82, 2.24) is 20.1 Å². The molecule has 0 saturated heterocycles. The number of nitrogens with one attached hydrogen (secondary N) is 1. The van der Waals surface area contributed by atoms with Crippen molar-refractivity contribution in [2.75, 3.05) is 13.1 Å². The Morgan fingerprint density at radius 1 is 1.54 bits per heavy atom. The van der Waals surface area contributed by atoms with Crippen LogP contribution in [-0.2, 0) is 13.5 Å². The molecule has 1 heterocycles. The molecule has 1 rings (SSSR count). The molecule has 0 spiro atoms. The van der Waals surface area contributed by atoms with Crippen molar-refractivity contribution < 1.29 is 0 Å². The van der Waals surface area contributed by atoms with E-state index in [9.17, 15) is 0 Å². The SMILES string of the molecule is CC(C)CNCCc1ncnn1C. The molecule has 0 bridgehead atoms. The molecule has 0 atom stereocenters. The summed E-state index contributed by atoms with van der Waals surface area (Å²) in [6, 6.07) is 0. The first kappa shape index (κ1) is 10.2. The van der Waals surface area contributed by atoms with Crippen molar-refractivity contribution in [3.8, 4) is 0 Å². The van der Waals surface area contributed by atoms with Gasteiger partial charge in [-0.3, -0.25) is 4.68 Å². The van der Waals surface area contributed by atoms with Crippen LogP contribution in [0, 0.1) is 5.92 Å². The van der Waals surface area contributed by atoms with Crippen molar-refractivity contribution in [2.45, 2.75) is 20.3 Å². The van der Waals surface area contributed by atoms with Gasteiger partial charge in [-0.2, -0.15) is 5.10 Å². The Labute approximate surface area is 79.4 Å². The van der Waals surface area contributed by atoms with Gasteiger partial charge < -0.3 is 5.32 Å². The van der Waals surface area contributed by atoms with E-state index in [4.69, 9.17) is 0 Å². The lowest BCUT2D eigenvalue weighted by Gasteiger charge is -2.06. The van der Waals surface area contributed by atoms with Crippen LogP contribution >= 0.6 is 0 Å². The van der Waals surface area contributed by atoms with Crippen LogP contribution in [-0.4, -0.2) is 27.9 Å². The summed E-state index contributed by atoms with van der Waals surface area (Å²) in [6.45, 7) is 6.45. The van der Waals surface area contributed by atoms with Crippen molar-refractivity contribution in [3.05, 3.63) is 12.2 Å². The van der Waals surface area contributed by atoms with Gasteiger partial charge in [0.05, 0.1) is 0 Å². The molecule has 0 aliphatic rings. The summed E-state index contributed by atoms with van der Waals surface area (Å²) in [5.74, 6) is 1.75. The summed E-state index contributed by atoms with van der Waals surface area (Å²) in [5.41, 5.74) is 0. The lowest BCUT2D eigenvalue weighted by Crippen LogP contribution is -2.23. The van der Waals surface area contributed by atoms with E-state index in [1.165, 1.54) is 0 Å². The highest BCUT2D eigenvalue weighted by molar-refractivity contribution is 4.83. The first-order valence-electron chi connectivity index (χ1n) is 4.73. The van der Waals surface area contributed by atoms with Crippen LogP contribution in [0.5, 0.6) is 0 Å². The minimum absolute atomic E-state index is 0.708. The molecule has 1 aromatic rings. The molecule has 0 amide bonds. The first-order chi connectivity index (χ1) is 6.20. The molecule has 0 fully saturated rings. The molecular weight excluding hydrogens is 164 g/mol. The molecule has 4 nitrogen and oxygen atoms in total. The third kappa shape index (κ3) is 3.55. The number of hydrogen-bond donors (Lipinski definition) is 1. The van der Waals surface area contributed by atoms with Crippen LogP contribution in [0.25, 0.3) is 0 Å². The number of nitrogens with zero attached hydrogens (tertiary/aromatic N) is 3. The average molecular weight is 182 g/mol. The van der Waals surface area contributed by atoms with Gasteiger partial charge in [0.15, 0.2) is 0 Å².